The molecule has 0 aromatic heterocycles. The molecular weight excluding hydrogens is 262 g/mol. The van der Waals surface area contributed by atoms with Gasteiger partial charge >= 0.3 is 0 Å². The molecule has 2 saturated heterocycles. The van der Waals surface area contributed by atoms with E-state index in [9.17, 15) is 4.79 Å². The SMILES string of the molecule is CCN(CC)C1CCN(C(=O)C2(CC)CCCNC2)CC1. The highest BCUT2D eigenvalue weighted by atomic mass is 16.2. The van der Waals surface area contributed by atoms with E-state index in [2.05, 4.69) is 35.9 Å². The van der Waals surface area contributed by atoms with E-state index in [0.717, 1.165) is 71.4 Å². The van der Waals surface area contributed by atoms with Gasteiger partial charge in [-0.1, -0.05) is 20.8 Å². The summed E-state index contributed by atoms with van der Waals surface area (Å²) in [5.74, 6) is 0.412. The summed E-state index contributed by atoms with van der Waals surface area (Å²) >= 11 is 0. The lowest BCUT2D eigenvalue weighted by atomic mass is 9.76. The predicted octanol–water partition coefficient (Wildman–Crippen LogP) is 2.10. The van der Waals surface area contributed by atoms with E-state index in [0.29, 0.717) is 11.9 Å². The molecule has 0 aromatic rings. The van der Waals surface area contributed by atoms with Gasteiger partial charge in [-0.05, 0) is 51.7 Å². The van der Waals surface area contributed by atoms with Gasteiger partial charge in [-0.2, -0.15) is 0 Å². The quantitative estimate of drug-likeness (QED) is 0.844. The van der Waals surface area contributed by atoms with Crippen LogP contribution in [0.15, 0.2) is 0 Å². The Balaban J connectivity index is 1.93. The van der Waals surface area contributed by atoms with Crippen LogP contribution in [0.5, 0.6) is 0 Å². The zero-order valence-corrected chi connectivity index (χ0v) is 14.2. The maximum absolute atomic E-state index is 13.0. The smallest absolute Gasteiger partial charge is 0.230 e. The third-order valence-electron chi connectivity index (χ3n) is 5.68. The van der Waals surface area contributed by atoms with Crippen LogP contribution in [-0.2, 0) is 4.79 Å². The van der Waals surface area contributed by atoms with Gasteiger partial charge in [0.2, 0.25) is 5.91 Å². The summed E-state index contributed by atoms with van der Waals surface area (Å²) in [6.07, 6.45) is 5.44. The fraction of sp³-hybridized carbons (Fsp3) is 0.941. The van der Waals surface area contributed by atoms with Gasteiger partial charge in [-0.15, -0.1) is 0 Å². The Labute approximate surface area is 130 Å². The van der Waals surface area contributed by atoms with Crippen LogP contribution >= 0.6 is 0 Å². The zero-order valence-electron chi connectivity index (χ0n) is 14.2. The van der Waals surface area contributed by atoms with E-state index in [1.54, 1.807) is 0 Å². The molecule has 2 aliphatic rings. The molecular formula is C17H33N3O. The summed E-state index contributed by atoms with van der Waals surface area (Å²) < 4.78 is 0. The van der Waals surface area contributed by atoms with Crippen LogP contribution in [0, 0.1) is 5.41 Å². The second-order valence-corrected chi connectivity index (χ2v) is 6.66. The van der Waals surface area contributed by atoms with E-state index in [-0.39, 0.29) is 5.41 Å². The second kappa shape index (κ2) is 7.59. The minimum atomic E-state index is -0.125. The van der Waals surface area contributed by atoms with Gasteiger partial charge in [-0.3, -0.25) is 4.79 Å². The van der Waals surface area contributed by atoms with E-state index in [4.69, 9.17) is 0 Å². The number of nitrogens with one attached hydrogen (secondary N) is 1. The van der Waals surface area contributed by atoms with Gasteiger partial charge < -0.3 is 15.1 Å². The number of nitrogens with zero attached hydrogens (tertiary/aromatic N) is 2. The predicted molar refractivity (Wildman–Crippen MR) is 87.4 cm³/mol. The van der Waals surface area contributed by atoms with Crippen LogP contribution in [-0.4, -0.2) is 61.0 Å². The number of likely N-dealkylation sites (tertiary alicyclic amines) is 1. The molecule has 0 spiro atoms. The Morgan fingerprint density at radius 2 is 1.90 bits per heavy atom. The van der Waals surface area contributed by atoms with Crippen molar-refractivity contribution < 1.29 is 4.79 Å². The van der Waals surface area contributed by atoms with Crippen molar-refractivity contribution >= 4 is 5.91 Å². The number of hydrogen-bond acceptors (Lipinski definition) is 3. The minimum Gasteiger partial charge on any atom is -0.342 e. The van der Waals surface area contributed by atoms with Crippen molar-refractivity contribution in [3.05, 3.63) is 0 Å². The van der Waals surface area contributed by atoms with Gasteiger partial charge in [0.05, 0.1) is 5.41 Å². The highest BCUT2D eigenvalue weighted by molar-refractivity contribution is 5.83. The largest absolute Gasteiger partial charge is 0.342 e. The van der Waals surface area contributed by atoms with Gasteiger partial charge in [0.15, 0.2) is 0 Å². The standard InChI is InChI=1S/C17H33N3O/c1-4-17(10-7-11-18-14-17)16(21)20-12-8-15(9-13-20)19(5-2)6-3/h15,18H,4-14H2,1-3H3. The number of carbonyl (C=O) groups is 1. The van der Waals surface area contributed by atoms with Gasteiger partial charge in [0.1, 0.15) is 0 Å². The van der Waals surface area contributed by atoms with Crippen molar-refractivity contribution in [3.8, 4) is 0 Å². The average Bonchev–Trinajstić information content (AvgIpc) is 2.56. The molecule has 0 bridgehead atoms. The van der Waals surface area contributed by atoms with E-state index < -0.39 is 0 Å². The average molecular weight is 295 g/mol. The molecule has 2 fully saturated rings. The second-order valence-electron chi connectivity index (χ2n) is 6.66. The minimum absolute atomic E-state index is 0.125. The molecule has 0 radical (unpaired) electrons. The van der Waals surface area contributed by atoms with Crippen LogP contribution < -0.4 is 5.32 Å². The number of hydrogen-bond donors (Lipinski definition) is 1. The molecule has 2 aliphatic heterocycles. The van der Waals surface area contributed by atoms with E-state index >= 15 is 0 Å². The summed E-state index contributed by atoms with van der Waals surface area (Å²) in [6.45, 7) is 12.7. The summed E-state index contributed by atoms with van der Waals surface area (Å²) in [5, 5.41) is 3.44. The summed E-state index contributed by atoms with van der Waals surface area (Å²) in [4.78, 5) is 17.7. The lowest BCUT2D eigenvalue weighted by Gasteiger charge is -2.43. The van der Waals surface area contributed by atoms with Crippen molar-refractivity contribution in [2.75, 3.05) is 39.3 Å². The Kier molecular flexibility index (Phi) is 6.06. The third kappa shape index (κ3) is 3.59. The molecule has 21 heavy (non-hydrogen) atoms. The lowest BCUT2D eigenvalue weighted by Crippen LogP contribution is -2.55. The van der Waals surface area contributed by atoms with E-state index in [1.807, 2.05) is 0 Å². The van der Waals surface area contributed by atoms with Crippen LogP contribution in [0.3, 0.4) is 0 Å². The monoisotopic (exact) mass is 295 g/mol. The van der Waals surface area contributed by atoms with E-state index in [1.165, 1.54) is 0 Å². The molecule has 1 N–H and O–H groups in total. The molecule has 1 atom stereocenters. The summed E-state index contributed by atoms with van der Waals surface area (Å²) in [7, 11) is 0. The molecule has 4 nitrogen and oxygen atoms in total. The third-order valence-corrected chi connectivity index (χ3v) is 5.68. The Morgan fingerprint density at radius 1 is 1.24 bits per heavy atom. The Bertz CT molecular complexity index is 327. The van der Waals surface area contributed by atoms with Crippen molar-refractivity contribution in [2.45, 2.75) is 58.9 Å². The van der Waals surface area contributed by atoms with Gasteiger partial charge in [0, 0.05) is 25.7 Å². The highest BCUT2D eigenvalue weighted by Gasteiger charge is 2.41. The molecule has 0 saturated carbocycles. The molecule has 4 heteroatoms. The topological polar surface area (TPSA) is 35.6 Å². The van der Waals surface area contributed by atoms with Crippen molar-refractivity contribution in [3.63, 3.8) is 0 Å². The molecule has 2 heterocycles. The van der Waals surface area contributed by atoms with Crippen LogP contribution in [0.2, 0.25) is 0 Å². The first kappa shape index (κ1) is 16.8. The van der Waals surface area contributed by atoms with Crippen molar-refractivity contribution in [2.24, 2.45) is 5.41 Å². The summed E-state index contributed by atoms with van der Waals surface area (Å²) in [5.41, 5.74) is -0.125. The molecule has 0 aromatic carbocycles. The van der Waals surface area contributed by atoms with Crippen molar-refractivity contribution in [1.29, 1.82) is 0 Å². The van der Waals surface area contributed by atoms with Crippen LogP contribution in [0.4, 0.5) is 0 Å². The maximum atomic E-state index is 13.0. The number of carbonyl (C=O) groups excluding carboxylic acids is 1. The first-order chi connectivity index (χ1) is 10.2. The maximum Gasteiger partial charge on any atom is 0.230 e. The molecule has 122 valence electrons. The lowest BCUT2D eigenvalue weighted by molar-refractivity contribution is -0.145. The number of amides is 1. The first-order valence-electron chi connectivity index (χ1n) is 8.91. The van der Waals surface area contributed by atoms with Gasteiger partial charge in [-0.25, -0.2) is 0 Å². The first-order valence-corrected chi connectivity index (χ1v) is 8.91. The molecule has 1 amide bonds. The van der Waals surface area contributed by atoms with Crippen molar-refractivity contribution in [1.82, 2.24) is 15.1 Å². The molecule has 2 rings (SSSR count). The highest BCUT2D eigenvalue weighted by Crippen LogP contribution is 2.33. The fourth-order valence-electron chi connectivity index (χ4n) is 4.11. The van der Waals surface area contributed by atoms with Crippen LogP contribution in [0.1, 0.15) is 52.9 Å². The fourth-order valence-corrected chi connectivity index (χ4v) is 4.11. The number of piperidine rings is 2. The van der Waals surface area contributed by atoms with Gasteiger partial charge in [0.25, 0.3) is 0 Å². The summed E-state index contributed by atoms with van der Waals surface area (Å²) in [6, 6.07) is 0.672. The Hall–Kier alpha value is -0.610. The Morgan fingerprint density at radius 3 is 2.38 bits per heavy atom. The zero-order chi connectivity index (χ0) is 15.3. The van der Waals surface area contributed by atoms with Crippen LogP contribution in [0.25, 0.3) is 0 Å². The normalized spacial score (nSPS) is 28.1. The molecule has 0 aliphatic carbocycles. The number of rotatable bonds is 5. The molecule has 1 unspecified atom stereocenters.